The molecule has 1 aliphatic heterocycles. The number of rotatable bonds is 9. The van der Waals surface area contributed by atoms with Gasteiger partial charge in [-0.1, -0.05) is 63.7 Å². The number of hydrogen-bond acceptors (Lipinski definition) is 5. The second-order valence-electron chi connectivity index (χ2n) is 10.3. The molecular weight excluding hydrogens is 597 g/mol. The number of ether oxygens (including phenoxy) is 1. The highest BCUT2D eigenvalue weighted by atomic mass is 35.5. The number of nitrogens with two attached hydrogens (primary N) is 1. The Morgan fingerprint density at radius 3 is 2.02 bits per heavy atom. The van der Waals surface area contributed by atoms with Gasteiger partial charge in [0.1, 0.15) is 17.6 Å². The number of carbonyl (C=O) groups excluding carboxylic acids is 1. The number of hydrogen-bond donors (Lipinski definition) is 2. The van der Waals surface area contributed by atoms with Crippen molar-refractivity contribution in [2.24, 2.45) is 11.7 Å². The lowest BCUT2D eigenvalue weighted by Gasteiger charge is -2.17. The van der Waals surface area contributed by atoms with Crippen molar-refractivity contribution in [1.82, 2.24) is 4.90 Å². The molecule has 1 unspecified atom stereocenters. The number of alkyl halides is 1. The van der Waals surface area contributed by atoms with E-state index in [0.29, 0.717) is 47.7 Å². The predicted octanol–water partition coefficient (Wildman–Crippen LogP) is 9.12. The van der Waals surface area contributed by atoms with Crippen LogP contribution in [0.15, 0.2) is 30.3 Å². The summed E-state index contributed by atoms with van der Waals surface area (Å²) < 4.78 is 29.0. The second kappa shape index (κ2) is 22.3. The molecule has 2 fully saturated rings. The van der Waals surface area contributed by atoms with Crippen molar-refractivity contribution < 1.29 is 28.2 Å². The summed E-state index contributed by atoms with van der Waals surface area (Å²) in [7, 11) is 2.35. The molecule has 3 N–H and O–H groups in total. The summed E-state index contributed by atoms with van der Waals surface area (Å²) in [6.07, 6.45) is 6.73. The third-order valence-corrected chi connectivity index (χ3v) is 7.56. The molecule has 6 nitrogen and oxygen atoms in total. The number of nitrogens with zero attached hydrogens (tertiary/aromatic N) is 1. The van der Waals surface area contributed by atoms with E-state index in [-0.39, 0.29) is 17.6 Å². The Morgan fingerprint density at radius 1 is 1.09 bits per heavy atom. The fourth-order valence-corrected chi connectivity index (χ4v) is 4.85. The maximum Gasteiger partial charge on any atom is 0.320 e. The zero-order valence-corrected chi connectivity index (χ0v) is 28.2. The molecule has 244 valence electrons. The molecule has 1 heterocycles. The van der Waals surface area contributed by atoms with Crippen LogP contribution in [0.3, 0.4) is 0 Å². The largest absolute Gasteiger partial charge is 0.493 e. The van der Waals surface area contributed by atoms with Gasteiger partial charge in [0.15, 0.2) is 6.29 Å². The Hall–Kier alpha value is -2.26. The Morgan fingerprint density at radius 2 is 1.65 bits per heavy atom. The zero-order valence-electron chi connectivity index (χ0n) is 26.6. The maximum absolute atomic E-state index is 13.7. The number of aliphatic carboxylic acids is 1. The molecule has 2 atom stereocenters. The number of carboxylic acid groups (broad SMARTS) is 1. The first-order valence-electron chi connectivity index (χ1n) is 14.9. The monoisotopic (exact) mass is 646 g/mol. The van der Waals surface area contributed by atoms with E-state index in [9.17, 15) is 18.4 Å². The van der Waals surface area contributed by atoms with Gasteiger partial charge in [-0.3, -0.25) is 18.9 Å². The van der Waals surface area contributed by atoms with Gasteiger partial charge in [-0.25, -0.2) is 4.39 Å². The highest BCUT2D eigenvalue weighted by Gasteiger charge is 2.28. The fraction of sp³-hybridized carbons (Fsp3) is 0.576. The van der Waals surface area contributed by atoms with Gasteiger partial charge in [0.2, 0.25) is 0 Å². The van der Waals surface area contributed by atoms with Crippen LogP contribution in [-0.2, 0) is 4.79 Å². The minimum Gasteiger partial charge on any atom is -0.493 e. The first kappa shape index (κ1) is 40.7. The van der Waals surface area contributed by atoms with E-state index in [1.54, 1.807) is 12.1 Å². The first-order chi connectivity index (χ1) is 20.5. The molecule has 10 heteroatoms. The van der Waals surface area contributed by atoms with Gasteiger partial charge in [-0.15, -0.1) is 0 Å². The molecule has 1 saturated carbocycles. The Labute approximate surface area is 266 Å². The molecule has 2 aliphatic rings. The van der Waals surface area contributed by atoms with Crippen LogP contribution in [0.5, 0.6) is 5.75 Å². The third kappa shape index (κ3) is 14.8. The smallest absolute Gasteiger partial charge is 0.320 e. The maximum atomic E-state index is 13.7. The quantitative estimate of drug-likeness (QED) is 0.264. The van der Waals surface area contributed by atoms with E-state index in [0.717, 1.165) is 56.2 Å². The molecule has 0 amide bonds. The Balaban J connectivity index is 0.000000626. The fourth-order valence-electron chi connectivity index (χ4n) is 4.31. The number of carboxylic acids is 1. The van der Waals surface area contributed by atoms with Crippen molar-refractivity contribution in [3.63, 3.8) is 0 Å². The molecular formula is C33H50Cl2F2N2O4. The van der Waals surface area contributed by atoms with E-state index in [2.05, 4.69) is 13.8 Å². The second-order valence-corrected chi connectivity index (χ2v) is 11.1. The van der Waals surface area contributed by atoms with E-state index < -0.39 is 11.8 Å². The van der Waals surface area contributed by atoms with Gasteiger partial charge in [-0.2, -0.15) is 0 Å². The van der Waals surface area contributed by atoms with Crippen LogP contribution in [0.25, 0.3) is 0 Å². The van der Waals surface area contributed by atoms with E-state index >= 15 is 0 Å². The molecule has 1 saturated heterocycles. The number of aldehydes is 1. The lowest BCUT2D eigenvalue weighted by Crippen LogP contribution is -2.32. The average molecular weight is 648 g/mol. The lowest BCUT2D eigenvalue weighted by atomic mass is 10.0. The van der Waals surface area contributed by atoms with Crippen LogP contribution in [0.1, 0.15) is 107 Å². The van der Waals surface area contributed by atoms with Crippen molar-refractivity contribution in [2.45, 2.75) is 91.1 Å². The summed E-state index contributed by atoms with van der Waals surface area (Å²) in [6, 6.07) is 8.11. The zero-order chi connectivity index (χ0) is 33.1. The van der Waals surface area contributed by atoms with Gasteiger partial charge in [-0.05, 0) is 93.4 Å². The first-order valence-corrected chi connectivity index (χ1v) is 15.7. The topological polar surface area (TPSA) is 92.9 Å². The van der Waals surface area contributed by atoms with Crippen molar-refractivity contribution in [3.05, 3.63) is 62.9 Å². The van der Waals surface area contributed by atoms with Gasteiger partial charge in [0, 0.05) is 22.2 Å². The van der Waals surface area contributed by atoms with Crippen molar-refractivity contribution in [2.75, 3.05) is 27.4 Å². The SMILES string of the molecule is CC.CC(N)c1cc(Cl)cc(Cl)c1.CCC(CC)COc1cc(F)c(C=O)cc1C1CC1.CF.CN1CCC[C@H]1C(=O)O. The number of benzene rings is 2. The summed E-state index contributed by atoms with van der Waals surface area (Å²) in [4.78, 5) is 23.1. The third-order valence-electron chi connectivity index (χ3n) is 7.12. The molecule has 1 aliphatic carbocycles. The van der Waals surface area contributed by atoms with Crippen LogP contribution in [0.4, 0.5) is 8.78 Å². The highest BCUT2D eigenvalue weighted by Crippen LogP contribution is 2.45. The summed E-state index contributed by atoms with van der Waals surface area (Å²) in [5, 5.41) is 9.80. The molecule has 0 aromatic heterocycles. The Kier molecular flexibility index (Phi) is 21.1. The predicted molar refractivity (Wildman–Crippen MR) is 174 cm³/mol. The van der Waals surface area contributed by atoms with E-state index in [1.165, 1.54) is 6.07 Å². The summed E-state index contributed by atoms with van der Waals surface area (Å²) in [5.74, 6) is 0.392. The van der Waals surface area contributed by atoms with Crippen LogP contribution in [0, 0.1) is 11.7 Å². The molecule has 43 heavy (non-hydrogen) atoms. The van der Waals surface area contributed by atoms with Gasteiger partial charge >= 0.3 is 5.97 Å². The summed E-state index contributed by atoms with van der Waals surface area (Å²) in [6.45, 7) is 11.7. The molecule has 2 aromatic carbocycles. The molecule has 0 bridgehead atoms. The molecule has 4 rings (SSSR count). The average Bonchev–Trinajstić information content (AvgIpc) is 3.74. The van der Waals surface area contributed by atoms with Gasteiger partial charge < -0.3 is 15.6 Å². The molecule has 2 aromatic rings. The lowest BCUT2D eigenvalue weighted by molar-refractivity contribution is -0.141. The standard InChI is InChI=1S/C16H21FO2.C8H9Cl2N.C6H11NO2.C2H6.CH3F/c1-3-11(4-2)10-19-16-8-15(17)13(9-18)7-14(16)12-5-6-12;1-5(11)6-2-7(9)4-8(10)3-6;1-7-4-2-3-5(7)6(8)9;2*1-2/h7-9,11-12H,3-6,10H2,1-2H3;2-5H,11H2,1H3;5H,2-4H2,1H3,(H,8,9);1-2H3;1H3/t;;5-;;/m..0../s1. The summed E-state index contributed by atoms with van der Waals surface area (Å²) >= 11 is 11.5. The number of carbonyl (C=O) groups is 2. The number of likely N-dealkylation sites (tertiary alicyclic amines) is 1. The number of halogens is 4. The van der Waals surface area contributed by atoms with E-state index in [1.807, 2.05) is 44.9 Å². The van der Waals surface area contributed by atoms with Crippen LogP contribution < -0.4 is 10.5 Å². The molecule has 0 radical (unpaired) electrons. The van der Waals surface area contributed by atoms with Crippen LogP contribution in [0.2, 0.25) is 10.0 Å². The number of likely N-dealkylation sites (N-methyl/N-ethyl adjacent to an activating group) is 1. The minimum absolute atomic E-state index is 0.0220. The van der Waals surface area contributed by atoms with Crippen LogP contribution in [-0.4, -0.2) is 55.7 Å². The van der Waals surface area contributed by atoms with Crippen molar-refractivity contribution in [3.8, 4) is 5.75 Å². The van der Waals surface area contributed by atoms with Gasteiger partial charge in [0.25, 0.3) is 0 Å². The van der Waals surface area contributed by atoms with Crippen molar-refractivity contribution >= 4 is 35.5 Å². The minimum atomic E-state index is -0.685. The van der Waals surface area contributed by atoms with Crippen molar-refractivity contribution in [1.29, 1.82) is 0 Å². The Bertz CT molecular complexity index is 1080. The van der Waals surface area contributed by atoms with E-state index in [4.69, 9.17) is 38.8 Å². The molecule has 0 spiro atoms. The normalized spacial score (nSPS) is 16.2. The highest BCUT2D eigenvalue weighted by molar-refractivity contribution is 6.34. The van der Waals surface area contributed by atoms with Crippen LogP contribution >= 0.6 is 23.2 Å². The summed E-state index contributed by atoms with van der Waals surface area (Å²) in [5.41, 5.74) is 7.73. The van der Waals surface area contributed by atoms with Gasteiger partial charge in [0.05, 0.1) is 19.3 Å².